The minimum Gasteiger partial charge on any atom is -0.352 e. The van der Waals surface area contributed by atoms with Crippen molar-refractivity contribution in [1.29, 1.82) is 0 Å². The minimum absolute atomic E-state index is 0.0000289. The Balaban J connectivity index is 2.04. The van der Waals surface area contributed by atoms with Crippen molar-refractivity contribution in [1.82, 2.24) is 14.9 Å². The van der Waals surface area contributed by atoms with Gasteiger partial charge in [-0.2, -0.15) is 0 Å². The summed E-state index contributed by atoms with van der Waals surface area (Å²) in [6.45, 7) is 7.20. The van der Waals surface area contributed by atoms with E-state index in [2.05, 4.69) is 29.0 Å². The molecular weight excluding hydrogens is 240 g/mol. The zero-order chi connectivity index (χ0) is 13.8. The molecule has 5 nitrogen and oxygen atoms in total. The molecule has 0 radical (unpaired) electrons. The van der Waals surface area contributed by atoms with Crippen LogP contribution in [0.4, 0.5) is 5.82 Å². The van der Waals surface area contributed by atoms with E-state index in [1.807, 2.05) is 0 Å². The molecule has 2 heterocycles. The van der Waals surface area contributed by atoms with Crippen molar-refractivity contribution in [2.24, 2.45) is 13.0 Å². The fourth-order valence-corrected chi connectivity index (χ4v) is 2.53. The molecule has 1 saturated heterocycles. The van der Waals surface area contributed by atoms with Gasteiger partial charge in [0.05, 0.1) is 0 Å². The van der Waals surface area contributed by atoms with E-state index in [0.717, 1.165) is 26.1 Å². The van der Waals surface area contributed by atoms with Crippen LogP contribution in [-0.4, -0.2) is 35.2 Å². The maximum absolute atomic E-state index is 12.1. The maximum atomic E-state index is 12.1. The van der Waals surface area contributed by atoms with Crippen LogP contribution in [0, 0.1) is 5.92 Å². The second kappa shape index (κ2) is 6.19. The first kappa shape index (κ1) is 14.1. The van der Waals surface area contributed by atoms with Gasteiger partial charge in [-0.25, -0.2) is 4.98 Å². The Hall–Kier alpha value is -1.36. The third-order valence-corrected chi connectivity index (χ3v) is 3.63. The predicted molar refractivity (Wildman–Crippen MR) is 77.6 cm³/mol. The maximum Gasteiger partial charge on any atom is 0.293 e. The highest BCUT2D eigenvalue weighted by Gasteiger charge is 2.22. The number of aryl methyl sites for hydroxylation is 1. The molecule has 2 rings (SSSR count). The molecule has 1 aromatic rings. The molecule has 0 amide bonds. The average Bonchev–Trinajstić information content (AvgIpc) is 2.40. The molecular formula is C14H24N4O. The highest BCUT2D eigenvalue weighted by Crippen LogP contribution is 2.18. The second-order valence-electron chi connectivity index (χ2n) is 5.68. The molecule has 19 heavy (non-hydrogen) atoms. The monoisotopic (exact) mass is 264 g/mol. The van der Waals surface area contributed by atoms with Gasteiger partial charge in [-0.15, -0.1) is 0 Å². The highest BCUT2D eigenvalue weighted by atomic mass is 16.1. The first-order chi connectivity index (χ1) is 9.08. The summed E-state index contributed by atoms with van der Waals surface area (Å²) in [5.74, 6) is 1.20. The van der Waals surface area contributed by atoms with Crippen LogP contribution in [0.1, 0.15) is 26.7 Å². The number of hydrogen-bond acceptors (Lipinski definition) is 4. The van der Waals surface area contributed by atoms with Gasteiger partial charge in [0.2, 0.25) is 0 Å². The van der Waals surface area contributed by atoms with Crippen molar-refractivity contribution >= 4 is 5.82 Å². The van der Waals surface area contributed by atoms with Gasteiger partial charge in [-0.05, 0) is 25.3 Å². The van der Waals surface area contributed by atoms with E-state index in [4.69, 9.17) is 0 Å². The van der Waals surface area contributed by atoms with Gasteiger partial charge in [-0.1, -0.05) is 13.8 Å². The molecule has 0 aliphatic carbocycles. The van der Waals surface area contributed by atoms with Crippen molar-refractivity contribution in [2.45, 2.75) is 32.7 Å². The zero-order valence-electron chi connectivity index (χ0n) is 12.1. The second-order valence-corrected chi connectivity index (χ2v) is 5.68. The molecule has 5 heteroatoms. The zero-order valence-corrected chi connectivity index (χ0v) is 12.1. The summed E-state index contributed by atoms with van der Waals surface area (Å²) in [5, 5.41) is 3.48. The molecule has 1 aliphatic heterocycles. The van der Waals surface area contributed by atoms with Crippen LogP contribution < -0.4 is 15.8 Å². The van der Waals surface area contributed by atoms with E-state index in [-0.39, 0.29) is 5.56 Å². The average molecular weight is 264 g/mol. The summed E-state index contributed by atoms with van der Waals surface area (Å²) in [5.41, 5.74) is -0.0000289. The molecule has 1 atom stereocenters. The lowest BCUT2D eigenvalue weighted by Crippen LogP contribution is -2.43. The van der Waals surface area contributed by atoms with Gasteiger partial charge >= 0.3 is 0 Å². The first-order valence-electron chi connectivity index (χ1n) is 7.08. The fraction of sp³-hybridized carbons (Fsp3) is 0.714. The third kappa shape index (κ3) is 3.56. The summed E-state index contributed by atoms with van der Waals surface area (Å²) in [4.78, 5) is 18.5. The molecule has 1 fully saturated rings. The Morgan fingerprint density at radius 2 is 2.32 bits per heavy atom. The molecule has 0 bridgehead atoms. The standard InChI is InChI=1S/C14H24N4O/c1-11(2)16-9-12-5-4-7-18(10-12)13-14(19)17(3)8-6-15-13/h6,8,11-12,16H,4-5,7,9-10H2,1-3H3. The largest absolute Gasteiger partial charge is 0.352 e. The smallest absolute Gasteiger partial charge is 0.293 e. The number of hydrogen-bond donors (Lipinski definition) is 1. The van der Waals surface area contributed by atoms with Crippen molar-refractivity contribution in [2.75, 3.05) is 24.5 Å². The predicted octanol–water partition coefficient (Wildman–Crippen LogP) is 0.995. The lowest BCUT2D eigenvalue weighted by atomic mass is 9.98. The molecule has 1 aliphatic rings. The van der Waals surface area contributed by atoms with E-state index >= 15 is 0 Å². The number of piperidine rings is 1. The molecule has 0 aromatic carbocycles. The van der Waals surface area contributed by atoms with E-state index in [0.29, 0.717) is 17.8 Å². The quantitative estimate of drug-likeness (QED) is 0.881. The van der Waals surface area contributed by atoms with Gasteiger partial charge < -0.3 is 14.8 Å². The normalized spacial score (nSPS) is 20.0. The van der Waals surface area contributed by atoms with Crippen LogP contribution in [0.25, 0.3) is 0 Å². The number of aromatic nitrogens is 2. The van der Waals surface area contributed by atoms with Crippen LogP contribution in [0.3, 0.4) is 0 Å². The van der Waals surface area contributed by atoms with E-state index in [1.54, 1.807) is 24.0 Å². The van der Waals surface area contributed by atoms with Crippen LogP contribution in [0.15, 0.2) is 17.2 Å². The van der Waals surface area contributed by atoms with Crippen molar-refractivity contribution < 1.29 is 0 Å². The van der Waals surface area contributed by atoms with Crippen molar-refractivity contribution in [3.63, 3.8) is 0 Å². The Morgan fingerprint density at radius 1 is 1.53 bits per heavy atom. The summed E-state index contributed by atoms with van der Waals surface area (Å²) in [6.07, 6.45) is 5.76. The summed E-state index contributed by atoms with van der Waals surface area (Å²) in [7, 11) is 1.77. The topological polar surface area (TPSA) is 50.2 Å². The molecule has 106 valence electrons. The van der Waals surface area contributed by atoms with Crippen molar-refractivity contribution in [3.05, 3.63) is 22.7 Å². The molecule has 0 spiro atoms. The Kier molecular flexibility index (Phi) is 4.58. The summed E-state index contributed by atoms with van der Waals surface area (Å²) >= 11 is 0. The number of nitrogens with zero attached hydrogens (tertiary/aromatic N) is 3. The fourth-order valence-electron chi connectivity index (χ4n) is 2.53. The molecule has 1 aromatic heterocycles. The van der Waals surface area contributed by atoms with E-state index < -0.39 is 0 Å². The number of nitrogens with one attached hydrogen (secondary N) is 1. The first-order valence-corrected chi connectivity index (χ1v) is 7.08. The lowest BCUT2D eigenvalue weighted by Gasteiger charge is -2.33. The van der Waals surface area contributed by atoms with Gasteiger partial charge in [0.25, 0.3) is 5.56 Å². The van der Waals surface area contributed by atoms with Crippen LogP contribution in [0.2, 0.25) is 0 Å². The van der Waals surface area contributed by atoms with Crippen LogP contribution in [-0.2, 0) is 7.05 Å². The molecule has 0 saturated carbocycles. The molecule has 1 unspecified atom stereocenters. The lowest BCUT2D eigenvalue weighted by molar-refractivity contribution is 0.377. The highest BCUT2D eigenvalue weighted by molar-refractivity contribution is 5.36. The third-order valence-electron chi connectivity index (χ3n) is 3.63. The van der Waals surface area contributed by atoms with Crippen LogP contribution in [0.5, 0.6) is 0 Å². The van der Waals surface area contributed by atoms with Crippen LogP contribution >= 0.6 is 0 Å². The van der Waals surface area contributed by atoms with Gasteiger partial charge in [0.15, 0.2) is 5.82 Å². The Labute approximate surface area is 114 Å². The van der Waals surface area contributed by atoms with Gasteiger partial charge in [-0.3, -0.25) is 4.79 Å². The number of anilines is 1. The summed E-state index contributed by atoms with van der Waals surface area (Å²) < 4.78 is 1.60. The van der Waals surface area contributed by atoms with Gasteiger partial charge in [0, 0.05) is 38.6 Å². The number of rotatable bonds is 4. The molecule has 1 N–H and O–H groups in total. The van der Waals surface area contributed by atoms with Gasteiger partial charge in [0.1, 0.15) is 0 Å². The minimum atomic E-state index is -0.0000289. The SMILES string of the molecule is CC(C)NCC1CCCN(c2nccn(C)c2=O)C1. The summed E-state index contributed by atoms with van der Waals surface area (Å²) in [6, 6.07) is 0.512. The Bertz CT molecular complexity index is 469. The van der Waals surface area contributed by atoms with E-state index in [9.17, 15) is 4.79 Å². The van der Waals surface area contributed by atoms with E-state index in [1.165, 1.54) is 6.42 Å². The van der Waals surface area contributed by atoms with Crippen molar-refractivity contribution in [3.8, 4) is 0 Å². The Morgan fingerprint density at radius 3 is 3.05 bits per heavy atom.